The van der Waals surface area contributed by atoms with Crippen molar-refractivity contribution >= 4 is 22.9 Å². The van der Waals surface area contributed by atoms with Crippen molar-refractivity contribution in [2.75, 3.05) is 5.32 Å². The lowest BCUT2D eigenvalue weighted by atomic mass is 9.77. The number of rotatable bonds is 1. The summed E-state index contributed by atoms with van der Waals surface area (Å²) in [6.07, 6.45) is 1.36. The fraction of sp³-hybridized carbons (Fsp3) is 0.238. The van der Waals surface area contributed by atoms with E-state index < -0.39 is 0 Å². The first-order chi connectivity index (χ1) is 11.6. The number of allylic oxidation sites excluding steroid dienone is 2. The second kappa shape index (κ2) is 5.75. The minimum Gasteiger partial charge on any atom is -0.357 e. The van der Waals surface area contributed by atoms with E-state index in [-0.39, 0.29) is 11.7 Å². The first-order valence-corrected chi connectivity index (χ1v) is 8.37. The molecule has 1 saturated carbocycles. The van der Waals surface area contributed by atoms with E-state index in [1.165, 1.54) is 11.1 Å². The molecule has 1 atom stereocenters. The molecule has 0 amide bonds. The average molecular weight is 316 g/mol. The molecule has 1 aliphatic heterocycles. The van der Waals surface area contributed by atoms with Crippen LogP contribution in [0.15, 0.2) is 64.8 Å². The van der Waals surface area contributed by atoms with E-state index in [4.69, 9.17) is 4.99 Å². The summed E-state index contributed by atoms with van der Waals surface area (Å²) < 4.78 is 0. The van der Waals surface area contributed by atoms with E-state index in [9.17, 15) is 4.79 Å². The number of nitrogens with zero attached hydrogens (tertiary/aromatic N) is 1. The molecule has 120 valence electrons. The number of carbonyl (C=O) groups is 1. The maximum absolute atomic E-state index is 12.9. The van der Waals surface area contributed by atoms with Crippen LogP contribution in [0.1, 0.15) is 36.8 Å². The molecule has 24 heavy (non-hydrogen) atoms. The van der Waals surface area contributed by atoms with Crippen LogP contribution >= 0.6 is 0 Å². The third-order valence-corrected chi connectivity index (χ3v) is 4.92. The molecular formula is C21H20N2O. The van der Waals surface area contributed by atoms with Crippen LogP contribution in [0.4, 0.5) is 11.4 Å². The normalized spacial score (nSPS) is 19.8. The van der Waals surface area contributed by atoms with Crippen LogP contribution < -0.4 is 5.32 Å². The summed E-state index contributed by atoms with van der Waals surface area (Å²) in [6, 6.07) is 16.3. The van der Waals surface area contributed by atoms with Gasteiger partial charge in [-0.15, -0.1) is 0 Å². The van der Waals surface area contributed by atoms with Gasteiger partial charge in [0.05, 0.1) is 22.7 Å². The number of anilines is 1. The first kappa shape index (κ1) is 14.9. The lowest BCUT2D eigenvalue weighted by molar-refractivity contribution is -0.115. The average Bonchev–Trinajstić information content (AvgIpc) is 2.70. The highest BCUT2D eigenvalue weighted by atomic mass is 16.1. The Morgan fingerprint density at radius 1 is 1.00 bits per heavy atom. The van der Waals surface area contributed by atoms with Gasteiger partial charge in [0.2, 0.25) is 0 Å². The van der Waals surface area contributed by atoms with E-state index >= 15 is 0 Å². The monoisotopic (exact) mass is 316 g/mol. The number of fused-ring (bicyclic) bond motifs is 2. The van der Waals surface area contributed by atoms with Gasteiger partial charge in [0, 0.05) is 12.1 Å². The van der Waals surface area contributed by atoms with Gasteiger partial charge in [-0.05, 0) is 49.4 Å². The Labute approximate surface area is 142 Å². The largest absolute Gasteiger partial charge is 0.357 e. The Morgan fingerprint density at radius 2 is 1.75 bits per heavy atom. The van der Waals surface area contributed by atoms with Gasteiger partial charge in [0.25, 0.3) is 0 Å². The Hall–Kier alpha value is -2.68. The van der Waals surface area contributed by atoms with Gasteiger partial charge in [0.15, 0.2) is 5.78 Å². The Kier molecular flexibility index (Phi) is 3.57. The SMILES string of the molecule is CC1=C2C(=O)C[C@H](c3ccccc3C)CC2=Nc2ccccc2N1. The molecule has 1 fully saturated rings. The zero-order valence-corrected chi connectivity index (χ0v) is 14.0. The molecule has 0 radical (unpaired) electrons. The fourth-order valence-electron chi connectivity index (χ4n) is 3.77. The third kappa shape index (κ3) is 2.46. The van der Waals surface area contributed by atoms with Crippen LogP contribution in [0.3, 0.4) is 0 Å². The number of hydrogen-bond donors (Lipinski definition) is 1. The number of nitrogens with one attached hydrogen (secondary N) is 1. The van der Waals surface area contributed by atoms with E-state index in [0.717, 1.165) is 34.8 Å². The number of aliphatic imine (C=N–C) groups is 1. The van der Waals surface area contributed by atoms with Crippen LogP contribution in [0.2, 0.25) is 0 Å². The predicted octanol–water partition coefficient (Wildman–Crippen LogP) is 4.91. The van der Waals surface area contributed by atoms with Crippen molar-refractivity contribution in [1.29, 1.82) is 0 Å². The van der Waals surface area contributed by atoms with Gasteiger partial charge in [0.1, 0.15) is 0 Å². The van der Waals surface area contributed by atoms with Crippen molar-refractivity contribution < 1.29 is 4.79 Å². The second-order valence-electron chi connectivity index (χ2n) is 6.59. The summed E-state index contributed by atoms with van der Waals surface area (Å²) in [7, 11) is 0. The zero-order valence-electron chi connectivity index (χ0n) is 14.0. The lowest BCUT2D eigenvalue weighted by Crippen LogP contribution is -2.27. The number of carbonyl (C=O) groups excluding carboxylic acids is 1. The molecule has 3 nitrogen and oxygen atoms in total. The molecule has 0 spiro atoms. The number of benzene rings is 2. The Morgan fingerprint density at radius 3 is 2.58 bits per heavy atom. The van der Waals surface area contributed by atoms with Crippen LogP contribution in [0.5, 0.6) is 0 Å². The van der Waals surface area contributed by atoms with Crippen molar-refractivity contribution in [2.24, 2.45) is 4.99 Å². The number of Topliss-reactive ketones (excluding diaryl/α,β-unsaturated/α-hetero) is 1. The molecule has 1 heterocycles. The van der Waals surface area contributed by atoms with Gasteiger partial charge in [-0.1, -0.05) is 36.4 Å². The fourth-order valence-corrected chi connectivity index (χ4v) is 3.77. The van der Waals surface area contributed by atoms with Gasteiger partial charge >= 0.3 is 0 Å². The van der Waals surface area contributed by atoms with Crippen LogP contribution in [-0.2, 0) is 4.79 Å². The maximum atomic E-state index is 12.9. The summed E-state index contributed by atoms with van der Waals surface area (Å²) in [5, 5.41) is 3.36. The minimum atomic E-state index is 0.186. The molecule has 4 rings (SSSR count). The van der Waals surface area contributed by atoms with Crippen LogP contribution in [0.25, 0.3) is 0 Å². The van der Waals surface area contributed by atoms with Crippen LogP contribution in [-0.4, -0.2) is 11.5 Å². The van der Waals surface area contributed by atoms with Crippen molar-refractivity contribution in [2.45, 2.75) is 32.6 Å². The van der Waals surface area contributed by atoms with Crippen molar-refractivity contribution in [3.05, 3.63) is 70.9 Å². The van der Waals surface area contributed by atoms with Crippen LogP contribution in [0, 0.1) is 6.92 Å². The van der Waals surface area contributed by atoms with E-state index in [2.05, 4.69) is 30.4 Å². The molecule has 2 aromatic carbocycles. The Balaban J connectivity index is 1.80. The minimum absolute atomic E-state index is 0.186. The highest BCUT2D eigenvalue weighted by molar-refractivity contribution is 6.26. The molecule has 2 aliphatic rings. The molecule has 1 N–H and O–H groups in total. The summed E-state index contributed by atoms with van der Waals surface area (Å²) in [4.78, 5) is 17.7. The van der Waals surface area contributed by atoms with Gasteiger partial charge < -0.3 is 5.32 Å². The number of ketones is 1. The third-order valence-electron chi connectivity index (χ3n) is 4.92. The van der Waals surface area contributed by atoms with Crippen molar-refractivity contribution in [1.82, 2.24) is 0 Å². The molecule has 0 aromatic heterocycles. The van der Waals surface area contributed by atoms with Gasteiger partial charge in [-0.25, -0.2) is 0 Å². The first-order valence-electron chi connectivity index (χ1n) is 8.37. The maximum Gasteiger partial charge on any atom is 0.167 e. The standard InChI is InChI=1S/C21H20N2O/c1-13-7-3-4-8-16(13)15-11-19-21(20(24)12-15)14(2)22-17-9-5-6-10-18(17)23-19/h3-10,15,22H,11-12H2,1-2H3/t15-/m1/s1. The summed E-state index contributed by atoms with van der Waals surface area (Å²) >= 11 is 0. The molecule has 0 saturated heterocycles. The topological polar surface area (TPSA) is 41.5 Å². The summed E-state index contributed by atoms with van der Waals surface area (Å²) in [6.45, 7) is 4.08. The molecule has 3 heteroatoms. The van der Waals surface area contributed by atoms with Crippen molar-refractivity contribution in [3.8, 4) is 0 Å². The number of aryl methyl sites for hydroxylation is 1. The number of para-hydroxylation sites is 2. The summed E-state index contributed by atoms with van der Waals surface area (Å²) in [5.74, 6) is 0.394. The summed E-state index contributed by atoms with van der Waals surface area (Å²) in [5.41, 5.74) is 6.96. The number of hydrogen-bond acceptors (Lipinski definition) is 3. The second-order valence-corrected chi connectivity index (χ2v) is 6.59. The molecule has 0 bridgehead atoms. The molecule has 1 aliphatic carbocycles. The quantitative estimate of drug-likeness (QED) is 0.812. The van der Waals surface area contributed by atoms with Crippen molar-refractivity contribution in [3.63, 3.8) is 0 Å². The predicted molar refractivity (Wildman–Crippen MR) is 98.0 cm³/mol. The Bertz CT molecular complexity index is 892. The highest BCUT2D eigenvalue weighted by Crippen LogP contribution is 2.39. The lowest BCUT2D eigenvalue weighted by Gasteiger charge is -2.26. The zero-order chi connectivity index (χ0) is 16.7. The molecule has 2 aromatic rings. The van der Waals surface area contributed by atoms with Gasteiger partial charge in [-0.2, -0.15) is 0 Å². The smallest absolute Gasteiger partial charge is 0.167 e. The van der Waals surface area contributed by atoms with E-state index in [0.29, 0.717) is 6.42 Å². The van der Waals surface area contributed by atoms with E-state index in [1.807, 2.05) is 37.3 Å². The molecular weight excluding hydrogens is 296 g/mol. The van der Waals surface area contributed by atoms with E-state index in [1.54, 1.807) is 0 Å². The van der Waals surface area contributed by atoms with Gasteiger partial charge in [-0.3, -0.25) is 9.79 Å². The highest BCUT2D eigenvalue weighted by Gasteiger charge is 2.33. The molecule has 0 unspecified atom stereocenters.